The number of carbonyl (C=O) groups excluding carboxylic acids is 2. The Bertz CT molecular complexity index is 746. The molecule has 0 amide bonds. The summed E-state index contributed by atoms with van der Waals surface area (Å²) in [7, 11) is 0. The predicted molar refractivity (Wildman–Crippen MR) is 73.7 cm³/mol. The topological polar surface area (TPSA) is 48.3 Å². The van der Waals surface area contributed by atoms with Crippen LogP contribution in [-0.2, 0) is 21.5 Å². The quantitative estimate of drug-likeness (QED) is 0.634. The Morgan fingerprint density at radius 1 is 1.50 bits per heavy atom. The summed E-state index contributed by atoms with van der Waals surface area (Å²) in [5.41, 5.74) is 2.01. The molecule has 1 aromatic carbocycles. The van der Waals surface area contributed by atoms with Crippen LogP contribution in [0.25, 0.3) is 10.9 Å². The highest BCUT2D eigenvalue weighted by atomic mass is 16.5. The van der Waals surface area contributed by atoms with Gasteiger partial charge in [-0.05, 0) is 19.4 Å². The molecule has 1 aliphatic heterocycles. The zero-order valence-corrected chi connectivity index (χ0v) is 11.3. The Morgan fingerprint density at radius 3 is 3.05 bits per heavy atom. The first-order valence-corrected chi connectivity index (χ1v) is 6.98. The van der Waals surface area contributed by atoms with Crippen LogP contribution in [0.4, 0.5) is 0 Å². The first kappa shape index (κ1) is 11.7. The number of esters is 1. The van der Waals surface area contributed by atoms with E-state index in [2.05, 4.69) is 4.57 Å². The average molecular weight is 269 g/mol. The molecule has 1 saturated carbocycles. The summed E-state index contributed by atoms with van der Waals surface area (Å²) >= 11 is 0. The number of rotatable bonds is 3. The zero-order chi connectivity index (χ0) is 13.9. The van der Waals surface area contributed by atoms with Gasteiger partial charge in [-0.3, -0.25) is 9.59 Å². The van der Waals surface area contributed by atoms with Gasteiger partial charge < -0.3 is 9.30 Å². The van der Waals surface area contributed by atoms with Crippen molar-refractivity contribution in [3.05, 3.63) is 35.5 Å². The van der Waals surface area contributed by atoms with E-state index >= 15 is 0 Å². The molecular formula is C16H15NO3. The largest absolute Gasteiger partial charge is 0.465 e. The molecule has 1 aliphatic carbocycles. The molecule has 4 heteroatoms. The lowest BCUT2D eigenvalue weighted by Crippen LogP contribution is -2.25. The van der Waals surface area contributed by atoms with Crippen LogP contribution >= 0.6 is 0 Å². The molecule has 20 heavy (non-hydrogen) atoms. The van der Waals surface area contributed by atoms with Crippen molar-refractivity contribution in [2.45, 2.75) is 25.3 Å². The van der Waals surface area contributed by atoms with Crippen LogP contribution < -0.4 is 0 Å². The number of benzene rings is 1. The van der Waals surface area contributed by atoms with E-state index in [-0.39, 0.29) is 5.97 Å². The molecule has 0 bridgehead atoms. The molecule has 2 heterocycles. The Morgan fingerprint density at radius 2 is 2.30 bits per heavy atom. The fourth-order valence-electron chi connectivity index (χ4n) is 3.79. The van der Waals surface area contributed by atoms with Crippen molar-refractivity contribution in [3.63, 3.8) is 0 Å². The van der Waals surface area contributed by atoms with Gasteiger partial charge in [0.25, 0.3) is 0 Å². The third-order valence-electron chi connectivity index (χ3n) is 4.70. The lowest BCUT2D eigenvalue weighted by molar-refractivity contribution is -0.146. The van der Waals surface area contributed by atoms with Crippen molar-refractivity contribution in [3.8, 4) is 0 Å². The summed E-state index contributed by atoms with van der Waals surface area (Å²) in [5, 5.41) is 0.937. The molecular weight excluding hydrogens is 254 g/mol. The molecule has 1 fully saturated rings. The van der Waals surface area contributed by atoms with Crippen LogP contribution in [0.15, 0.2) is 24.3 Å². The minimum absolute atomic E-state index is 0.172. The van der Waals surface area contributed by atoms with E-state index in [1.807, 2.05) is 31.2 Å². The fourth-order valence-corrected chi connectivity index (χ4v) is 3.79. The van der Waals surface area contributed by atoms with E-state index in [1.165, 1.54) is 0 Å². The van der Waals surface area contributed by atoms with Gasteiger partial charge in [-0.25, -0.2) is 0 Å². The minimum atomic E-state index is -0.564. The van der Waals surface area contributed by atoms with Crippen LogP contribution in [0.5, 0.6) is 0 Å². The summed E-state index contributed by atoms with van der Waals surface area (Å²) in [6.45, 7) is 3.00. The van der Waals surface area contributed by atoms with E-state index in [0.29, 0.717) is 18.1 Å². The maximum Gasteiger partial charge on any atom is 0.318 e. The van der Waals surface area contributed by atoms with Crippen molar-refractivity contribution < 1.29 is 14.3 Å². The number of ether oxygens (including phenoxy) is 1. The number of aromatic nitrogens is 1. The Kier molecular flexibility index (Phi) is 2.18. The first-order valence-electron chi connectivity index (χ1n) is 6.98. The fraction of sp³-hybridized carbons (Fsp3) is 0.375. The minimum Gasteiger partial charge on any atom is -0.465 e. The Labute approximate surface area is 116 Å². The molecule has 0 radical (unpaired) electrons. The zero-order valence-electron chi connectivity index (χ0n) is 11.3. The molecule has 0 N–H and O–H groups in total. The molecule has 2 aliphatic rings. The number of fused-ring (bicyclic) bond motifs is 5. The van der Waals surface area contributed by atoms with Crippen molar-refractivity contribution in [2.24, 2.45) is 5.92 Å². The van der Waals surface area contributed by atoms with Crippen molar-refractivity contribution in [1.29, 1.82) is 0 Å². The SMILES string of the molecule is CCOC(=O)[C@@]12C[C@@H]1Cn1c2c(C=O)c2ccccc21. The van der Waals surface area contributed by atoms with Crippen LogP contribution in [0.1, 0.15) is 29.4 Å². The van der Waals surface area contributed by atoms with E-state index in [4.69, 9.17) is 4.74 Å². The summed E-state index contributed by atoms with van der Waals surface area (Å²) in [4.78, 5) is 23.9. The molecule has 4 rings (SSSR count). The highest BCUT2D eigenvalue weighted by Crippen LogP contribution is 2.62. The monoisotopic (exact) mass is 269 g/mol. The second kappa shape index (κ2) is 3.72. The van der Waals surface area contributed by atoms with E-state index in [9.17, 15) is 9.59 Å². The molecule has 0 saturated heterocycles. The van der Waals surface area contributed by atoms with Gasteiger partial charge in [-0.15, -0.1) is 0 Å². The number of hydrogen-bond acceptors (Lipinski definition) is 3. The average Bonchev–Trinajstić information content (AvgIpc) is 2.96. The van der Waals surface area contributed by atoms with E-state index in [0.717, 1.165) is 35.8 Å². The predicted octanol–water partition coefficient (Wildman–Crippen LogP) is 2.29. The highest BCUT2D eigenvalue weighted by Gasteiger charge is 2.68. The van der Waals surface area contributed by atoms with Gasteiger partial charge in [0, 0.05) is 34.6 Å². The molecule has 4 nitrogen and oxygen atoms in total. The standard InChI is InChI=1S/C16H15NO3/c1-2-20-15(19)16-7-10(16)8-17-13-6-4-3-5-11(13)12(9-18)14(16)17/h3-6,9-10H,2,7-8H2,1H3/t10-,16+/m1/s1. The van der Waals surface area contributed by atoms with Crippen molar-refractivity contribution in [1.82, 2.24) is 4.57 Å². The number of hydrogen-bond donors (Lipinski definition) is 0. The molecule has 102 valence electrons. The van der Waals surface area contributed by atoms with Gasteiger partial charge in [-0.2, -0.15) is 0 Å². The summed E-state index contributed by atoms with van der Waals surface area (Å²) < 4.78 is 7.38. The van der Waals surface area contributed by atoms with Crippen LogP contribution in [-0.4, -0.2) is 23.4 Å². The van der Waals surface area contributed by atoms with E-state index in [1.54, 1.807) is 0 Å². The number of para-hydroxylation sites is 1. The summed E-state index contributed by atoms with van der Waals surface area (Å²) in [5.74, 6) is 0.120. The van der Waals surface area contributed by atoms with Gasteiger partial charge in [0.15, 0.2) is 6.29 Å². The lowest BCUT2D eigenvalue weighted by Gasteiger charge is -2.13. The Hall–Kier alpha value is -2.10. The third-order valence-corrected chi connectivity index (χ3v) is 4.70. The normalized spacial score (nSPS) is 26.1. The number of aldehydes is 1. The van der Waals surface area contributed by atoms with Gasteiger partial charge in [0.05, 0.1) is 6.61 Å². The van der Waals surface area contributed by atoms with Gasteiger partial charge >= 0.3 is 5.97 Å². The van der Waals surface area contributed by atoms with E-state index < -0.39 is 5.41 Å². The first-order chi connectivity index (χ1) is 9.74. The maximum absolute atomic E-state index is 12.4. The van der Waals surface area contributed by atoms with Crippen LogP contribution in [0.3, 0.4) is 0 Å². The number of carbonyl (C=O) groups is 2. The van der Waals surface area contributed by atoms with Crippen LogP contribution in [0.2, 0.25) is 0 Å². The molecule has 2 aromatic rings. The second-order valence-electron chi connectivity index (χ2n) is 5.60. The van der Waals surface area contributed by atoms with Gasteiger partial charge in [-0.1, -0.05) is 18.2 Å². The molecule has 1 aromatic heterocycles. The van der Waals surface area contributed by atoms with Gasteiger partial charge in [0.1, 0.15) is 5.41 Å². The molecule has 2 atom stereocenters. The van der Waals surface area contributed by atoms with Crippen molar-refractivity contribution >= 4 is 23.2 Å². The van der Waals surface area contributed by atoms with Crippen molar-refractivity contribution in [2.75, 3.05) is 6.61 Å². The highest BCUT2D eigenvalue weighted by molar-refractivity contribution is 6.04. The number of nitrogens with zero attached hydrogens (tertiary/aromatic N) is 1. The molecule has 0 spiro atoms. The smallest absolute Gasteiger partial charge is 0.318 e. The lowest BCUT2D eigenvalue weighted by atomic mass is 9.97. The van der Waals surface area contributed by atoms with Gasteiger partial charge in [0.2, 0.25) is 0 Å². The maximum atomic E-state index is 12.4. The second-order valence-corrected chi connectivity index (χ2v) is 5.60. The molecule has 0 unspecified atom stereocenters. The Balaban J connectivity index is 1.98. The summed E-state index contributed by atoms with van der Waals surface area (Å²) in [6, 6.07) is 7.84. The van der Waals surface area contributed by atoms with Crippen LogP contribution in [0, 0.1) is 5.92 Å². The third kappa shape index (κ3) is 1.17. The summed E-state index contributed by atoms with van der Waals surface area (Å²) in [6.07, 6.45) is 1.69.